The van der Waals surface area contributed by atoms with E-state index < -0.39 is 121 Å². The molecule has 0 radical (unpaired) electrons. The molecule has 0 spiro atoms. The first kappa shape index (κ1) is 37.7. The van der Waals surface area contributed by atoms with E-state index in [0.29, 0.717) is 0 Å². The van der Waals surface area contributed by atoms with Crippen LogP contribution in [-0.2, 0) is 81.2 Å². The smallest absolute Gasteiger partial charge is 0.397 e. The van der Waals surface area contributed by atoms with Crippen molar-refractivity contribution >= 4 is 46.2 Å². The van der Waals surface area contributed by atoms with Crippen molar-refractivity contribution in [1.29, 1.82) is 0 Å². The first-order chi connectivity index (χ1) is 20.8. The number of esters is 5. The maximum Gasteiger partial charge on any atom is 0.397 e. The molecule has 3 N–H and O–H groups in total. The minimum Gasteiger partial charge on any atom is -0.457 e. The summed E-state index contributed by atoms with van der Waals surface area (Å²) >= 11 is 0. The zero-order valence-electron chi connectivity index (χ0n) is 24.9. The third kappa shape index (κ3) is 11.4. The van der Waals surface area contributed by atoms with E-state index in [-0.39, 0.29) is 0 Å². The number of aliphatic hydroxyl groups is 1. The van der Waals surface area contributed by atoms with Gasteiger partial charge in [0, 0.05) is 41.5 Å². The molecule has 10 atom stereocenters. The summed E-state index contributed by atoms with van der Waals surface area (Å²) in [5.74, 6) is -5.48. The van der Waals surface area contributed by atoms with Gasteiger partial charge in [0.15, 0.2) is 30.7 Å². The number of ether oxygens (including phenoxy) is 8. The fraction of sp³-hybridized carbons (Fsp3) is 0.750. The molecule has 2 heterocycles. The summed E-state index contributed by atoms with van der Waals surface area (Å²) in [6, 6.07) is -1.46. The molecule has 21 heteroatoms. The van der Waals surface area contributed by atoms with Crippen LogP contribution in [0.2, 0.25) is 0 Å². The van der Waals surface area contributed by atoms with Gasteiger partial charge in [0.2, 0.25) is 12.2 Å². The molecule has 2 aliphatic heterocycles. The van der Waals surface area contributed by atoms with E-state index in [1.165, 1.54) is 0 Å². The molecule has 0 aliphatic carbocycles. The number of carbonyl (C=O) groups excluding carboxylic acids is 6. The van der Waals surface area contributed by atoms with E-state index in [2.05, 4.69) is 9.50 Å². The minimum atomic E-state index is -5.11. The predicted octanol–water partition coefficient (Wildman–Crippen LogP) is -2.57. The van der Waals surface area contributed by atoms with Crippen LogP contribution in [0.15, 0.2) is 0 Å². The zero-order valence-corrected chi connectivity index (χ0v) is 25.7. The number of aliphatic hydroxyl groups excluding tert-OH is 1. The Morgan fingerprint density at radius 3 is 1.58 bits per heavy atom. The van der Waals surface area contributed by atoms with Gasteiger partial charge in [0.05, 0.1) is 13.2 Å². The summed E-state index contributed by atoms with van der Waals surface area (Å²) in [5, 5.41) is 12.6. The quantitative estimate of drug-likeness (QED) is 0.109. The first-order valence-electron chi connectivity index (χ1n) is 13.1. The lowest BCUT2D eigenvalue weighted by atomic mass is 9.94. The Kier molecular flexibility index (Phi) is 13.6. The molecule has 2 saturated heterocycles. The van der Waals surface area contributed by atoms with Crippen molar-refractivity contribution in [3.63, 3.8) is 0 Å². The van der Waals surface area contributed by atoms with Crippen LogP contribution in [0.25, 0.3) is 0 Å². The van der Waals surface area contributed by atoms with Crippen molar-refractivity contribution in [2.24, 2.45) is 0 Å². The second-order valence-corrected chi connectivity index (χ2v) is 10.8. The Morgan fingerprint density at radius 1 is 0.644 bits per heavy atom. The molecule has 0 aromatic heterocycles. The topological polar surface area (TPSA) is 272 Å². The molecule has 256 valence electrons. The van der Waals surface area contributed by atoms with Crippen molar-refractivity contribution in [3.8, 4) is 0 Å². The summed E-state index contributed by atoms with van der Waals surface area (Å²) in [5.41, 5.74) is 0. The fourth-order valence-electron chi connectivity index (χ4n) is 4.61. The number of hydrogen-bond donors (Lipinski definition) is 3. The number of carbonyl (C=O) groups is 6. The average Bonchev–Trinajstić information content (AvgIpc) is 2.87. The molecular formula is C24H35NO19S. The summed E-state index contributed by atoms with van der Waals surface area (Å²) in [4.78, 5) is 72.2. The standard InChI is InChI=1S/C24H35NO19S/c1-9(27)25-17-20(38-11(3)29)18(15(7-26)42-23(17)41-14(6)32)44-24-22(40-13(5)31)21(39-12(4)30)19(37-10(2)28)16(43-24)8-36-45(33,34)35/h15-24,26H,7-8H2,1-6H3,(H,25,27)(H,33,34,35)/t15-,16-,17-,18-,19+,20-,21+,22?,23+,24+/m1/s1. The summed E-state index contributed by atoms with van der Waals surface area (Å²) in [6.07, 6.45) is -15.4. The van der Waals surface area contributed by atoms with Gasteiger partial charge in [-0.2, -0.15) is 8.42 Å². The number of amides is 1. The van der Waals surface area contributed by atoms with E-state index in [4.69, 9.17) is 42.4 Å². The summed E-state index contributed by atoms with van der Waals surface area (Å²) in [7, 11) is -5.11. The molecule has 20 nitrogen and oxygen atoms in total. The van der Waals surface area contributed by atoms with Gasteiger partial charge >= 0.3 is 40.2 Å². The van der Waals surface area contributed by atoms with Gasteiger partial charge in [-0.1, -0.05) is 0 Å². The second-order valence-electron chi connectivity index (χ2n) is 9.71. The zero-order chi connectivity index (χ0) is 34.2. The number of hydrogen-bond acceptors (Lipinski definition) is 18. The average molecular weight is 674 g/mol. The van der Waals surface area contributed by atoms with Crippen molar-refractivity contribution in [2.45, 2.75) is 103 Å². The largest absolute Gasteiger partial charge is 0.457 e. The Labute approximate surface area is 256 Å². The number of rotatable bonds is 12. The van der Waals surface area contributed by atoms with Crippen molar-refractivity contribution in [2.75, 3.05) is 13.2 Å². The molecule has 1 amide bonds. The van der Waals surface area contributed by atoms with Crippen LogP contribution in [0, 0.1) is 0 Å². The molecule has 45 heavy (non-hydrogen) atoms. The molecule has 0 saturated carbocycles. The lowest BCUT2D eigenvalue weighted by Crippen LogP contribution is -2.69. The SMILES string of the molecule is CC(=O)N[C@H]1[C@@H](OC(C)=O)O[C@H](CO)[C@@H](O[C@@H]2O[C@H](COS(=O)(=O)O)[C@H](OC(C)=O)[C@H](OC(C)=O)C2OC(C)=O)[C@@H]1OC(C)=O. The van der Waals surface area contributed by atoms with E-state index in [0.717, 1.165) is 41.5 Å². The van der Waals surface area contributed by atoms with Crippen molar-refractivity contribution in [3.05, 3.63) is 0 Å². The van der Waals surface area contributed by atoms with E-state index >= 15 is 0 Å². The normalized spacial score (nSPS) is 31.6. The molecule has 1 unspecified atom stereocenters. The maximum absolute atomic E-state index is 12.2. The van der Waals surface area contributed by atoms with Crippen molar-refractivity contribution in [1.82, 2.24) is 5.32 Å². The van der Waals surface area contributed by atoms with Crippen LogP contribution in [0.3, 0.4) is 0 Å². The maximum atomic E-state index is 12.2. The molecule has 2 rings (SSSR count). The van der Waals surface area contributed by atoms with Crippen LogP contribution < -0.4 is 5.32 Å². The number of nitrogens with one attached hydrogen (secondary N) is 1. The fourth-order valence-corrected chi connectivity index (χ4v) is 4.91. The van der Waals surface area contributed by atoms with Crippen LogP contribution >= 0.6 is 0 Å². The van der Waals surface area contributed by atoms with Gasteiger partial charge < -0.3 is 48.3 Å². The predicted molar refractivity (Wildman–Crippen MR) is 138 cm³/mol. The Bertz CT molecular complexity index is 1220. The van der Waals surface area contributed by atoms with Crippen LogP contribution in [0.5, 0.6) is 0 Å². The summed E-state index contributed by atoms with van der Waals surface area (Å²) in [6.45, 7) is 4.00. The molecule has 0 aromatic carbocycles. The highest BCUT2D eigenvalue weighted by molar-refractivity contribution is 7.80. The van der Waals surface area contributed by atoms with Crippen LogP contribution in [-0.4, -0.2) is 128 Å². The monoisotopic (exact) mass is 673 g/mol. The van der Waals surface area contributed by atoms with Gasteiger partial charge in [0.25, 0.3) is 0 Å². The molecule has 2 aliphatic rings. The van der Waals surface area contributed by atoms with Gasteiger partial charge in [-0.15, -0.1) is 0 Å². The van der Waals surface area contributed by atoms with Gasteiger partial charge in [-0.25, -0.2) is 4.18 Å². The van der Waals surface area contributed by atoms with Crippen LogP contribution in [0.1, 0.15) is 41.5 Å². The Morgan fingerprint density at radius 2 is 1.11 bits per heavy atom. The Hall–Kier alpha value is -3.47. The highest BCUT2D eigenvalue weighted by Crippen LogP contribution is 2.34. The van der Waals surface area contributed by atoms with Gasteiger partial charge in [-0.3, -0.25) is 33.3 Å². The Balaban J connectivity index is 2.68. The van der Waals surface area contributed by atoms with Gasteiger partial charge in [-0.05, 0) is 0 Å². The molecular weight excluding hydrogens is 638 g/mol. The van der Waals surface area contributed by atoms with Crippen LogP contribution in [0.4, 0.5) is 0 Å². The third-order valence-electron chi connectivity index (χ3n) is 5.95. The first-order valence-corrected chi connectivity index (χ1v) is 14.5. The lowest BCUT2D eigenvalue weighted by Gasteiger charge is -2.48. The van der Waals surface area contributed by atoms with E-state index in [9.17, 15) is 42.3 Å². The highest BCUT2D eigenvalue weighted by Gasteiger charge is 2.57. The highest BCUT2D eigenvalue weighted by atomic mass is 32.3. The summed E-state index contributed by atoms with van der Waals surface area (Å²) < 4.78 is 79.9. The van der Waals surface area contributed by atoms with Crippen molar-refractivity contribution < 1.29 is 88.9 Å². The molecule has 0 bridgehead atoms. The third-order valence-corrected chi connectivity index (χ3v) is 6.38. The molecule has 0 aromatic rings. The lowest BCUT2D eigenvalue weighted by molar-refractivity contribution is -0.347. The van der Waals surface area contributed by atoms with E-state index in [1.807, 2.05) is 0 Å². The minimum absolute atomic E-state index is 0.702. The van der Waals surface area contributed by atoms with Gasteiger partial charge in [0.1, 0.15) is 24.4 Å². The molecule has 2 fully saturated rings. The van der Waals surface area contributed by atoms with E-state index in [1.54, 1.807) is 0 Å². The second kappa shape index (κ2) is 16.2.